The van der Waals surface area contributed by atoms with E-state index in [-0.39, 0.29) is 5.91 Å². The molecule has 3 aromatic rings. The van der Waals surface area contributed by atoms with Crippen LogP contribution in [0.5, 0.6) is 0 Å². The third-order valence-corrected chi connectivity index (χ3v) is 6.40. The summed E-state index contributed by atoms with van der Waals surface area (Å²) in [5.74, 6) is 0.376. The van der Waals surface area contributed by atoms with Crippen LogP contribution < -0.4 is 0 Å². The van der Waals surface area contributed by atoms with Crippen molar-refractivity contribution in [2.24, 2.45) is 7.05 Å². The molecule has 7 heteroatoms. The molecular weight excluding hydrogens is 376 g/mol. The van der Waals surface area contributed by atoms with Crippen molar-refractivity contribution >= 4 is 5.91 Å². The van der Waals surface area contributed by atoms with Gasteiger partial charge in [0.05, 0.1) is 17.0 Å². The Bertz CT molecular complexity index is 1050. The minimum atomic E-state index is 0.0817. The van der Waals surface area contributed by atoms with E-state index < -0.39 is 0 Å². The standard InChI is InChI=1S/C23H28N6O/c1-16-19(14-27(2)26-16)23(30)29-11-8-18(13-29)22-20-15-28(10-9-21(20)24-25-22)12-17-6-4-3-5-7-17/h3-7,14,18H,8-13,15H2,1-2H3,(H,24,25). The number of aromatic nitrogens is 4. The van der Waals surface area contributed by atoms with Gasteiger partial charge in [-0.2, -0.15) is 10.2 Å². The molecule has 1 amide bonds. The molecule has 0 bridgehead atoms. The molecule has 1 saturated heterocycles. The predicted molar refractivity (Wildman–Crippen MR) is 114 cm³/mol. The minimum Gasteiger partial charge on any atom is -0.338 e. The van der Waals surface area contributed by atoms with E-state index in [2.05, 4.69) is 45.4 Å². The number of aromatic amines is 1. The smallest absolute Gasteiger partial charge is 0.257 e. The van der Waals surface area contributed by atoms with Gasteiger partial charge < -0.3 is 4.90 Å². The summed E-state index contributed by atoms with van der Waals surface area (Å²) in [4.78, 5) is 17.4. The van der Waals surface area contributed by atoms with Gasteiger partial charge in [-0.05, 0) is 18.9 Å². The van der Waals surface area contributed by atoms with E-state index >= 15 is 0 Å². The van der Waals surface area contributed by atoms with Crippen LogP contribution >= 0.6 is 0 Å². The number of fused-ring (bicyclic) bond motifs is 1. The van der Waals surface area contributed by atoms with Gasteiger partial charge in [-0.3, -0.25) is 19.5 Å². The molecule has 1 fully saturated rings. The molecule has 2 aromatic heterocycles. The van der Waals surface area contributed by atoms with Gasteiger partial charge in [0, 0.05) is 69.6 Å². The van der Waals surface area contributed by atoms with E-state index in [1.807, 2.05) is 25.1 Å². The third-order valence-electron chi connectivity index (χ3n) is 6.40. The molecule has 4 heterocycles. The molecule has 0 spiro atoms. The molecule has 1 unspecified atom stereocenters. The molecule has 0 saturated carbocycles. The Balaban J connectivity index is 1.29. The molecule has 2 aliphatic heterocycles. The second-order valence-electron chi connectivity index (χ2n) is 8.55. The molecule has 5 rings (SSSR count). The number of amides is 1. The molecule has 30 heavy (non-hydrogen) atoms. The highest BCUT2D eigenvalue weighted by Gasteiger charge is 2.34. The van der Waals surface area contributed by atoms with Gasteiger partial charge in [0.1, 0.15) is 0 Å². The second-order valence-corrected chi connectivity index (χ2v) is 8.55. The van der Waals surface area contributed by atoms with E-state index in [1.54, 1.807) is 4.68 Å². The molecule has 7 nitrogen and oxygen atoms in total. The maximum atomic E-state index is 13.0. The highest BCUT2D eigenvalue weighted by molar-refractivity contribution is 5.95. The first-order chi connectivity index (χ1) is 14.6. The van der Waals surface area contributed by atoms with Crippen LogP contribution in [-0.4, -0.2) is 55.3 Å². The highest BCUT2D eigenvalue weighted by atomic mass is 16.2. The fourth-order valence-electron chi connectivity index (χ4n) is 4.84. The highest BCUT2D eigenvalue weighted by Crippen LogP contribution is 2.33. The summed E-state index contributed by atoms with van der Waals surface area (Å²) >= 11 is 0. The number of likely N-dealkylation sites (tertiary alicyclic amines) is 1. The number of aryl methyl sites for hydroxylation is 2. The Morgan fingerprint density at radius 3 is 2.83 bits per heavy atom. The van der Waals surface area contributed by atoms with Crippen LogP contribution in [0.15, 0.2) is 36.5 Å². The second kappa shape index (κ2) is 7.72. The van der Waals surface area contributed by atoms with Gasteiger partial charge in [0.25, 0.3) is 5.91 Å². The maximum Gasteiger partial charge on any atom is 0.257 e. The van der Waals surface area contributed by atoms with E-state index in [9.17, 15) is 4.79 Å². The Hall–Kier alpha value is -2.93. The van der Waals surface area contributed by atoms with Crippen molar-refractivity contribution in [2.45, 2.75) is 38.8 Å². The maximum absolute atomic E-state index is 13.0. The lowest BCUT2D eigenvalue weighted by atomic mass is 9.96. The topological polar surface area (TPSA) is 70.0 Å². The van der Waals surface area contributed by atoms with Crippen molar-refractivity contribution in [3.05, 3.63) is 70.3 Å². The third kappa shape index (κ3) is 3.54. The van der Waals surface area contributed by atoms with Gasteiger partial charge in [-0.1, -0.05) is 30.3 Å². The summed E-state index contributed by atoms with van der Waals surface area (Å²) in [5, 5.41) is 12.3. The lowest BCUT2D eigenvalue weighted by Crippen LogP contribution is -2.31. The molecule has 0 radical (unpaired) electrons. The summed E-state index contributed by atoms with van der Waals surface area (Å²) in [7, 11) is 1.85. The lowest BCUT2D eigenvalue weighted by molar-refractivity contribution is 0.0790. The van der Waals surface area contributed by atoms with E-state index in [4.69, 9.17) is 5.10 Å². The van der Waals surface area contributed by atoms with Crippen molar-refractivity contribution in [1.82, 2.24) is 29.8 Å². The zero-order chi connectivity index (χ0) is 20.7. The van der Waals surface area contributed by atoms with Gasteiger partial charge in [0.2, 0.25) is 0 Å². The summed E-state index contributed by atoms with van der Waals surface area (Å²) in [6.07, 6.45) is 3.78. The van der Waals surface area contributed by atoms with Gasteiger partial charge >= 0.3 is 0 Å². The van der Waals surface area contributed by atoms with Crippen molar-refractivity contribution < 1.29 is 4.79 Å². The van der Waals surface area contributed by atoms with Gasteiger partial charge in [-0.25, -0.2) is 0 Å². The van der Waals surface area contributed by atoms with Gasteiger partial charge in [0.15, 0.2) is 0 Å². The number of nitrogens with one attached hydrogen (secondary N) is 1. The van der Waals surface area contributed by atoms with E-state index in [0.717, 1.165) is 57.0 Å². The van der Waals surface area contributed by atoms with Crippen molar-refractivity contribution in [3.8, 4) is 0 Å². The first kappa shape index (κ1) is 19.1. The van der Waals surface area contributed by atoms with Crippen LogP contribution in [0, 0.1) is 6.92 Å². The average Bonchev–Trinajstić information content (AvgIpc) is 3.46. The first-order valence-electron chi connectivity index (χ1n) is 10.7. The van der Waals surface area contributed by atoms with Crippen molar-refractivity contribution in [3.63, 3.8) is 0 Å². The summed E-state index contributed by atoms with van der Waals surface area (Å²) in [5.41, 5.74) is 6.60. The number of carbonyl (C=O) groups is 1. The number of hydrogen-bond donors (Lipinski definition) is 1. The number of H-pyrrole nitrogens is 1. The normalized spacial score (nSPS) is 19.3. The average molecular weight is 405 g/mol. The number of carbonyl (C=O) groups excluding carboxylic acids is 1. The molecule has 156 valence electrons. The van der Waals surface area contributed by atoms with Crippen LogP contribution in [0.2, 0.25) is 0 Å². The zero-order valence-corrected chi connectivity index (χ0v) is 17.6. The van der Waals surface area contributed by atoms with Crippen LogP contribution in [0.4, 0.5) is 0 Å². The number of rotatable bonds is 4. The number of nitrogens with zero attached hydrogens (tertiary/aromatic N) is 5. The predicted octanol–water partition coefficient (Wildman–Crippen LogP) is 2.64. The lowest BCUT2D eigenvalue weighted by Gasteiger charge is -2.27. The molecule has 0 aliphatic carbocycles. The summed E-state index contributed by atoms with van der Waals surface area (Å²) in [6, 6.07) is 10.6. The monoisotopic (exact) mass is 404 g/mol. The largest absolute Gasteiger partial charge is 0.338 e. The number of hydrogen-bond acceptors (Lipinski definition) is 4. The van der Waals surface area contributed by atoms with Crippen molar-refractivity contribution in [1.29, 1.82) is 0 Å². The van der Waals surface area contributed by atoms with E-state index in [0.29, 0.717) is 11.5 Å². The van der Waals surface area contributed by atoms with Crippen LogP contribution in [-0.2, 0) is 26.6 Å². The quantitative estimate of drug-likeness (QED) is 0.726. The molecule has 2 aliphatic rings. The molecular formula is C23H28N6O. The molecule has 1 atom stereocenters. The minimum absolute atomic E-state index is 0.0817. The van der Waals surface area contributed by atoms with Crippen LogP contribution in [0.25, 0.3) is 0 Å². The summed E-state index contributed by atoms with van der Waals surface area (Å²) < 4.78 is 1.71. The van der Waals surface area contributed by atoms with Crippen LogP contribution in [0.1, 0.15) is 50.9 Å². The fraction of sp³-hybridized carbons (Fsp3) is 0.435. The van der Waals surface area contributed by atoms with Crippen molar-refractivity contribution in [2.75, 3.05) is 19.6 Å². The SMILES string of the molecule is Cc1nn(C)cc1C(=O)N1CCC(c2n[nH]c3c2CN(Cc2ccccc2)CC3)C1. The van der Waals surface area contributed by atoms with Crippen LogP contribution in [0.3, 0.4) is 0 Å². The Labute approximate surface area is 176 Å². The molecule has 1 aromatic carbocycles. The van der Waals surface area contributed by atoms with Gasteiger partial charge in [-0.15, -0.1) is 0 Å². The number of benzene rings is 1. The molecule has 1 N–H and O–H groups in total. The fourth-order valence-corrected chi connectivity index (χ4v) is 4.84. The first-order valence-corrected chi connectivity index (χ1v) is 10.7. The Morgan fingerprint density at radius 1 is 1.23 bits per heavy atom. The Morgan fingerprint density at radius 2 is 2.07 bits per heavy atom. The van der Waals surface area contributed by atoms with E-state index in [1.165, 1.54) is 16.8 Å². The Kier molecular flexibility index (Phi) is 4.90. The zero-order valence-electron chi connectivity index (χ0n) is 17.6. The summed E-state index contributed by atoms with van der Waals surface area (Å²) in [6.45, 7) is 6.31.